The van der Waals surface area contributed by atoms with Crippen LogP contribution in [0.3, 0.4) is 0 Å². The Hall–Kier alpha value is -7.73. The number of hydrogen-bond acceptors (Lipinski definition) is 6. The van der Waals surface area contributed by atoms with Crippen molar-refractivity contribution < 1.29 is 66.3 Å². The van der Waals surface area contributed by atoms with Gasteiger partial charge in [-0.1, -0.05) is 6.07 Å². The summed E-state index contributed by atoms with van der Waals surface area (Å²) in [4.78, 5) is 38.8. The Balaban J connectivity index is 0.000000229. The first-order valence-corrected chi connectivity index (χ1v) is 22.2. The molecule has 70 heavy (non-hydrogen) atoms. The van der Waals surface area contributed by atoms with E-state index >= 15 is 0 Å². The van der Waals surface area contributed by atoms with E-state index in [9.17, 15) is 0 Å². The van der Waals surface area contributed by atoms with Crippen molar-refractivity contribution in [2.75, 3.05) is 7.11 Å². The van der Waals surface area contributed by atoms with Crippen molar-refractivity contribution in [3.63, 3.8) is 0 Å². The van der Waals surface area contributed by atoms with Gasteiger partial charge in [0.25, 0.3) is 0 Å². The van der Waals surface area contributed by atoms with Crippen LogP contribution in [0.25, 0.3) is 33.3 Å². The summed E-state index contributed by atoms with van der Waals surface area (Å²) in [6.07, 6.45) is 3.57. The molecule has 10 nitrogen and oxygen atoms in total. The van der Waals surface area contributed by atoms with Gasteiger partial charge in [-0.05, 0) is 143 Å². The van der Waals surface area contributed by atoms with Crippen molar-refractivity contribution in [2.45, 2.75) is 6.92 Å². The van der Waals surface area contributed by atoms with Gasteiger partial charge in [-0.3, -0.25) is 0 Å². The molecule has 3 aliphatic rings. The van der Waals surface area contributed by atoms with Crippen LogP contribution in [-0.2, 0) is 4.79 Å². The standard InChI is InChI=1S/C44H28N4.C12H6N2O.C2H4O2.CH4O.Yb/c1-5-13-29(14-6-1)41-33-21-23-35(45-33)42(30-15-7-2-8-16-30)37-25-27-39(47-37)44(32-19-11-4-12-20-32)40-28-26-38(48-40)43(31-17-9-3-10-18-31)36-24-22-34(41)46-36;1-3-7-9(13-5-1)10-8(4-2-6-14-10)12-11(7)15-12;1-2(3)4;1-2;/h1-28H;1-6H;1H3,(H,3,4);2H,1H3;/q;-2;;;+3/p-1. The molecule has 11 heteroatoms. The van der Waals surface area contributed by atoms with E-state index in [1.807, 2.05) is 48.5 Å². The minimum atomic E-state index is -1.08. The molecule has 8 heterocycles. The van der Waals surface area contributed by atoms with Gasteiger partial charge in [0, 0.05) is 152 Å². The van der Waals surface area contributed by atoms with Gasteiger partial charge in [0.05, 0.1) is 22.3 Å². The number of fused-ring (bicyclic) bond motifs is 14. The molecular weight excluding hydrogens is 1030 g/mol. The third kappa shape index (κ3) is 9.63. The number of nitrogens with zero attached hydrogens (tertiary/aromatic N) is 6. The molecule has 2 aliphatic heterocycles. The number of aliphatic hydroxyl groups is 1. The second kappa shape index (κ2) is 21.3. The molecule has 0 fully saturated rings. The predicted molar refractivity (Wildman–Crippen MR) is 263 cm³/mol. The van der Waals surface area contributed by atoms with Crippen LogP contribution in [0, 0.1) is 70.6 Å². The van der Waals surface area contributed by atoms with Crippen LogP contribution in [-0.4, -0.2) is 28.2 Å². The average Bonchev–Trinajstić information content (AvgIpc) is 3.87. The molecule has 1 aliphatic carbocycles. The Kier molecular flexibility index (Phi) is 14.4. The molecule has 8 bridgehead atoms. The van der Waals surface area contributed by atoms with Crippen LogP contribution < -0.4 is 25.0 Å². The van der Waals surface area contributed by atoms with Gasteiger partial charge < -0.3 is 49.3 Å². The number of aliphatic hydroxyl groups excluding tert-OH is 1. The summed E-state index contributed by atoms with van der Waals surface area (Å²) in [6.45, 7) is 0.972. The number of hydrogen-bond donors (Lipinski definition) is 1. The predicted octanol–water partition coefficient (Wildman–Crippen LogP) is 9.19. The fraction of sp³-hybridized carbons (Fsp3) is 0.0339. The molecular formula is C59H41N6O4Yb. The molecule has 10 aromatic rings. The molecule has 0 saturated heterocycles. The molecule has 13 rings (SSSR count). The summed E-state index contributed by atoms with van der Waals surface area (Å²) in [5.74, 6) is 4.75. The van der Waals surface area contributed by atoms with Gasteiger partial charge in [-0.25, -0.2) is 0 Å². The quantitative estimate of drug-likeness (QED) is 0.133. The van der Waals surface area contributed by atoms with Crippen LogP contribution in [0.15, 0.2) is 211 Å². The maximum atomic E-state index is 8.89. The normalized spacial score (nSPS) is 11.8. The molecule has 0 amide bonds. The molecule has 0 unspecified atom stereocenters. The van der Waals surface area contributed by atoms with Gasteiger partial charge >= 0.3 is 46.9 Å². The number of carboxylic acids is 1. The molecule has 1 radical (unpaired) electrons. The van der Waals surface area contributed by atoms with E-state index < -0.39 is 5.97 Å². The number of carbonyl (C=O) groups excluding carboxylic acids is 1. The van der Waals surface area contributed by atoms with E-state index in [1.54, 1.807) is 12.4 Å². The minimum Gasteiger partial charge on any atom is -0.628 e. The molecule has 0 spiro atoms. The van der Waals surface area contributed by atoms with Crippen LogP contribution in [0.2, 0.25) is 0 Å². The summed E-state index contributed by atoms with van der Waals surface area (Å²) >= 11 is 0. The zero-order chi connectivity index (χ0) is 47.3. The maximum absolute atomic E-state index is 8.89. The summed E-state index contributed by atoms with van der Waals surface area (Å²) in [5.41, 5.74) is 13.0. The Morgan fingerprint density at radius 1 is 0.471 bits per heavy atom. The van der Waals surface area contributed by atoms with Gasteiger partial charge in [0.1, 0.15) is 0 Å². The Labute approximate surface area is 443 Å². The average molecular weight is 1070 g/mol. The molecule has 345 valence electrons. The third-order valence-electron chi connectivity index (χ3n) is 11.6. The third-order valence-corrected chi connectivity index (χ3v) is 11.6. The van der Waals surface area contributed by atoms with Crippen molar-refractivity contribution in [1.82, 2.24) is 29.9 Å². The largest absolute Gasteiger partial charge is 3.00 e. The van der Waals surface area contributed by atoms with Gasteiger partial charge in [-0.15, -0.1) is 22.9 Å². The van der Waals surface area contributed by atoms with E-state index in [0.29, 0.717) is 0 Å². The fourth-order valence-electron chi connectivity index (χ4n) is 8.68. The molecule has 0 atom stereocenters. The molecule has 0 saturated carbocycles. The Morgan fingerprint density at radius 3 is 1.10 bits per heavy atom. The number of pyridine rings is 2. The fourth-order valence-corrected chi connectivity index (χ4v) is 8.68. The number of aromatic nitrogens is 6. The smallest absolute Gasteiger partial charge is 0.628 e. The van der Waals surface area contributed by atoms with E-state index in [4.69, 9.17) is 39.4 Å². The summed E-state index contributed by atoms with van der Waals surface area (Å²) in [6, 6.07) is 66.3. The second-order valence-corrected chi connectivity index (χ2v) is 15.9. The first kappa shape index (κ1) is 47.3. The summed E-state index contributed by atoms with van der Waals surface area (Å²) < 4.78 is 5.48. The van der Waals surface area contributed by atoms with E-state index in [2.05, 4.69) is 156 Å². The van der Waals surface area contributed by atoms with Gasteiger partial charge in [0.2, 0.25) is 0 Å². The first-order chi connectivity index (χ1) is 34.0. The van der Waals surface area contributed by atoms with Gasteiger partial charge in [-0.2, -0.15) is 6.07 Å². The number of carbonyl (C=O) groups is 1. The number of benzene rings is 5. The minimum absolute atomic E-state index is 0. The van der Waals surface area contributed by atoms with E-state index in [0.717, 1.165) is 139 Å². The first-order valence-electron chi connectivity index (χ1n) is 22.2. The van der Waals surface area contributed by atoms with Crippen LogP contribution in [0.5, 0.6) is 0 Å². The topological polar surface area (TPSA) is 156 Å². The zero-order valence-electron chi connectivity index (χ0n) is 37.8. The van der Waals surface area contributed by atoms with Crippen molar-refractivity contribution in [2.24, 2.45) is 0 Å². The van der Waals surface area contributed by atoms with Crippen LogP contribution in [0.1, 0.15) is 74.7 Å². The number of aliphatic carboxylic acids is 1. The Morgan fingerprint density at radius 2 is 0.771 bits per heavy atom. The molecule has 4 aromatic carbocycles. The maximum Gasteiger partial charge on any atom is 3.00 e. The van der Waals surface area contributed by atoms with Crippen molar-refractivity contribution >= 4 is 27.8 Å². The number of carboxylic acid groups (broad SMARTS) is 1. The van der Waals surface area contributed by atoms with Gasteiger partial charge in [0.15, 0.2) is 0 Å². The Bertz CT molecular complexity index is 3040. The molecule has 1 N–H and O–H groups in total. The molecule has 6 aromatic heterocycles. The van der Waals surface area contributed by atoms with E-state index in [-0.39, 0.29) is 46.9 Å². The monoisotopic (exact) mass is 1070 g/mol. The zero-order valence-corrected chi connectivity index (χ0v) is 39.5. The number of rotatable bonds is 4. The van der Waals surface area contributed by atoms with Crippen molar-refractivity contribution in [3.05, 3.63) is 298 Å². The van der Waals surface area contributed by atoms with Crippen LogP contribution >= 0.6 is 0 Å². The van der Waals surface area contributed by atoms with Crippen LogP contribution in [0.4, 0.5) is 0 Å². The van der Waals surface area contributed by atoms with Crippen molar-refractivity contribution in [1.29, 1.82) is 0 Å². The summed E-state index contributed by atoms with van der Waals surface area (Å²) in [5, 5.41) is 18.0. The second-order valence-electron chi connectivity index (χ2n) is 15.9. The van der Waals surface area contributed by atoms with E-state index in [1.165, 1.54) is 0 Å². The van der Waals surface area contributed by atoms with Crippen molar-refractivity contribution in [3.8, 4) is 11.5 Å². The SMILES string of the molecule is CC(=O)[O-].CO.[Yb+3].c1ccc([C+]2c3ccc([n-]3)[C+](c3ccccc3)c3ccc([n-]3)[C+](c3ccccc3)c3ccc([n-]3)[C+](c3ccccc3)c3ccc2[n-]3)cc1.c1cnc2c(c1)[c-]1oc-1c1cccn[c-]12. The summed E-state index contributed by atoms with van der Waals surface area (Å²) in [7, 11) is 1.00.